The molecule has 0 spiro atoms. The second-order valence-electron chi connectivity index (χ2n) is 9.57. The molecule has 0 radical (unpaired) electrons. The van der Waals surface area contributed by atoms with Gasteiger partial charge in [0, 0.05) is 11.6 Å². The zero-order chi connectivity index (χ0) is 17.8. The third-order valence-electron chi connectivity index (χ3n) is 8.85. The van der Waals surface area contributed by atoms with Crippen molar-refractivity contribution in [2.24, 2.45) is 56.4 Å². The minimum Gasteiger partial charge on any atom is -0.323 e. The van der Waals surface area contributed by atoms with Gasteiger partial charge in [0.15, 0.2) is 0 Å². The minimum atomic E-state index is 0.369. The molecule has 3 saturated carbocycles. The Morgan fingerprint density at radius 1 is 1.04 bits per heavy atom. The maximum atomic E-state index is 5.66. The molecule has 6 unspecified atom stereocenters. The smallest absolute Gasteiger partial charge is 0.0600 e. The molecule has 0 amide bonds. The maximum absolute atomic E-state index is 5.66. The lowest BCUT2D eigenvalue weighted by molar-refractivity contribution is -0.0407. The van der Waals surface area contributed by atoms with E-state index in [0.29, 0.717) is 16.7 Å². The van der Waals surface area contributed by atoms with E-state index in [9.17, 15) is 0 Å². The predicted octanol–water partition coefficient (Wildman–Crippen LogP) is 4.21. The Bertz CT molecular complexity index is 648. The van der Waals surface area contributed by atoms with Gasteiger partial charge < -0.3 is 11.7 Å². The van der Waals surface area contributed by atoms with Crippen LogP contribution >= 0.6 is 0 Å². The van der Waals surface area contributed by atoms with Crippen LogP contribution in [0, 0.1) is 34.5 Å². The van der Waals surface area contributed by atoms with Gasteiger partial charge >= 0.3 is 0 Å². The number of allylic oxidation sites excluding steroid dienone is 2. The average Bonchev–Trinajstić information content (AvgIpc) is 2.97. The molecule has 6 atom stereocenters. The molecule has 0 heterocycles. The first-order valence-corrected chi connectivity index (χ1v) is 10.2. The lowest BCUT2D eigenvalue weighted by Gasteiger charge is -2.58. The summed E-state index contributed by atoms with van der Waals surface area (Å²) in [6.45, 7) is 7.21. The predicted molar refractivity (Wildman–Crippen MR) is 104 cm³/mol. The second kappa shape index (κ2) is 5.85. The fourth-order valence-corrected chi connectivity index (χ4v) is 7.45. The number of hydrogen-bond donors (Lipinski definition) is 2. The molecule has 3 fully saturated rings. The van der Waals surface area contributed by atoms with Gasteiger partial charge in [-0.15, -0.1) is 0 Å². The Morgan fingerprint density at radius 2 is 1.84 bits per heavy atom. The van der Waals surface area contributed by atoms with Crippen LogP contribution in [-0.4, -0.2) is 11.4 Å². The molecule has 4 aliphatic rings. The van der Waals surface area contributed by atoms with Crippen molar-refractivity contribution < 1.29 is 0 Å². The monoisotopic (exact) mass is 342 g/mol. The summed E-state index contributed by atoms with van der Waals surface area (Å²) in [4.78, 5) is 0. The molecule has 4 nitrogen and oxygen atoms in total. The Hall–Kier alpha value is -1.32. The normalized spacial score (nSPS) is 48.5. The van der Waals surface area contributed by atoms with Crippen molar-refractivity contribution >= 4 is 11.4 Å². The summed E-state index contributed by atoms with van der Waals surface area (Å²) in [5.74, 6) is 14.4. The molecular weight excluding hydrogens is 308 g/mol. The number of nitrogens with zero attached hydrogens (tertiary/aromatic N) is 2. The van der Waals surface area contributed by atoms with Crippen LogP contribution in [0.2, 0.25) is 0 Å². The summed E-state index contributed by atoms with van der Waals surface area (Å²) >= 11 is 0. The van der Waals surface area contributed by atoms with Crippen LogP contribution in [0.15, 0.2) is 21.9 Å². The molecule has 0 aromatic carbocycles. The highest BCUT2D eigenvalue weighted by Gasteiger charge is 2.59. The molecule has 25 heavy (non-hydrogen) atoms. The zero-order valence-electron chi connectivity index (χ0n) is 16.1. The molecule has 0 aromatic heterocycles. The number of rotatable bonds is 1. The fraction of sp³-hybridized carbons (Fsp3) is 0.810. The minimum absolute atomic E-state index is 0.369. The molecule has 0 aromatic rings. The first-order valence-electron chi connectivity index (χ1n) is 10.2. The SMILES string of the molecule is CC(=NN)C1CCC2C3CCC4=CC(=NN)CCC4(C)C3CCC12C. The van der Waals surface area contributed by atoms with Crippen LogP contribution in [0.1, 0.15) is 72.1 Å². The molecule has 0 aliphatic heterocycles. The van der Waals surface area contributed by atoms with Gasteiger partial charge in [0.2, 0.25) is 0 Å². The van der Waals surface area contributed by atoms with E-state index < -0.39 is 0 Å². The van der Waals surface area contributed by atoms with E-state index in [-0.39, 0.29) is 0 Å². The van der Waals surface area contributed by atoms with E-state index in [4.69, 9.17) is 11.7 Å². The Labute approximate surface area is 152 Å². The molecule has 138 valence electrons. The summed E-state index contributed by atoms with van der Waals surface area (Å²) in [7, 11) is 0. The quantitative estimate of drug-likeness (QED) is 0.425. The van der Waals surface area contributed by atoms with Gasteiger partial charge in [0.1, 0.15) is 0 Å². The van der Waals surface area contributed by atoms with Crippen LogP contribution in [0.3, 0.4) is 0 Å². The fourth-order valence-electron chi connectivity index (χ4n) is 7.45. The number of fused-ring (bicyclic) bond motifs is 5. The average molecular weight is 343 g/mol. The lowest BCUT2D eigenvalue weighted by atomic mass is 9.46. The van der Waals surface area contributed by atoms with Crippen LogP contribution in [0.4, 0.5) is 0 Å². The Kier molecular flexibility index (Phi) is 4.01. The van der Waals surface area contributed by atoms with Gasteiger partial charge in [0.25, 0.3) is 0 Å². The molecule has 0 saturated heterocycles. The largest absolute Gasteiger partial charge is 0.323 e. The molecule has 4 N–H and O–H groups in total. The standard InChI is InChI=1S/C21H34N4/c1-13(24-22)17-6-7-18-16-5-4-14-12-15(25-23)8-10-20(14,2)19(16)9-11-21(17,18)3/h12,16-19H,4-11,22-23H2,1-3H3. The van der Waals surface area contributed by atoms with Crippen molar-refractivity contribution in [1.82, 2.24) is 0 Å². The van der Waals surface area contributed by atoms with Crippen LogP contribution in [0.25, 0.3) is 0 Å². The molecule has 4 heteroatoms. The summed E-state index contributed by atoms with van der Waals surface area (Å²) in [5, 5.41) is 8.08. The van der Waals surface area contributed by atoms with E-state index in [1.807, 2.05) is 0 Å². The number of hydrogen-bond acceptors (Lipinski definition) is 4. The number of nitrogens with two attached hydrogens (primary N) is 2. The van der Waals surface area contributed by atoms with Gasteiger partial charge in [0.05, 0.1) is 5.71 Å². The van der Waals surface area contributed by atoms with Crippen molar-refractivity contribution in [1.29, 1.82) is 0 Å². The summed E-state index contributed by atoms with van der Waals surface area (Å²) in [6, 6.07) is 0. The van der Waals surface area contributed by atoms with E-state index in [2.05, 4.69) is 37.1 Å². The van der Waals surface area contributed by atoms with Crippen LogP contribution < -0.4 is 11.7 Å². The first-order chi connectivity index (χ1) is 11.9. The molecule has 4 aliphatic carbocycles. The topological polar surface area (TPSA) is 76.8 Å². The van der Waals surface area contributed by atoms with Crippen molar-refractivity contribution in [3.8, 4) is 0 Å². The zero-order valence-corrected chi connectivity index (χ0v) is 16.1. The van der Waals surface area contributed by atoms with Crippen molar-refractivity contribution in [3.05, 3.63) is 11.6 Å². The third kappa shape index (κ3) is 2.32. The molecule has 4 rings (SSSR count). The maximum Gasteiger partial charge on any atom is 0.0600 e. The Morgan fingerprint density at radius 3 is 2.56 bits per heavy atom. The summed E-state index contributed by atoms with van der Waals surface area (Å²) in [6.07, 6.45) is 12.5. The highest BCUT2D eigenvalue weighted by atomic mass is 15.1. The molecular formula is C21H34N4. The van der Waals surface area contributed by atoms with Crippen LogP contribution in [-0.2, 0) is 0 Å². The second-order valence-corrected chi connectivity index (χ2v) is 9.57. The summed E-state index contributed by atoms with van der Waals surface area (Å²) in [5.41, 5.74) is 4.68. The van der Waals surface area contributed by atoms with Gasteiger partial charge in [-0.1, -0.05) is 19.4 Å². The van der Waals surface area contributed by atoms with Crippen molar-refractivity contribution in [3.63, 3.8) is 0 Å². The highest BCUT2D eigenvalue weighted by Crippen LogP contribution is 2.66. The van der Waals surface area contributed by atoms with Crippen LogP contribution in [0.5, 0.6) is 0 Å². The van der Waals surface area contributed by atoms with Gasteiger partial charge in [-0.05, 0) is 93.0 Å². The van der Waals surface area contributed by atoms with Gasteiger partial charge in [-0.3, -0.25) is 0 Å². The summed E-state index contributed by atoms with van der Waals surface area (Å²) < 4.78 is 0. The number of hydrazone groups is 2. The van der Waals surface area contributed by atoms with E-state index in [0.717, 1.165) is 29.9 Å². The first kappa shape index (κ1) is 17.1. The van der Waals surface area contributed by atoms with E-state index in [1.54, 1.807) is 5.57 Å². The Balaban J connectivity index is 1.65. The van der Waals surface area contributed by atoms with Crippen molar-refractivity contribution in [2.75, 3.05) is 0 Å². The van der Waals surface area contributed by atoms with Crippen molar-refractivity contribution in [2.45, 2.75) is 72.1 Å². The third-order valence-corrected chi connectivity index (χ3v) is 8.85. The molecule has 0 bridgehead atoms. The van der Waals surface area contributed by atoms with Gasteiger partial charge in [-0.25, -0.2) is 0 Å². The van der Waals surface area contributed by atoms with E-state index in [1.165, 1.54) is 50.7 Å². The van der Waals surface area contributed by atoms with Gasteiger partial charge in [-0.2, -0.15) is 10.2 Å². The van der Waals surface area contributed by atoms with E-state index >= 15 is 0 Å². The highest BCUT2D eigenvalue weighted by molar-refractivity contribution is 5.96. The lowest BCUT2D eigenvalue weighted by Crippen LogP contribution is -2.51.